The Hall–Kier alpha value is -1.04. The van der Waals surface area contributed by atoms with Crippen LogP contribution in [0.1, 0.15) is 37.0 Å². The third-order valence-electron chi connectivity index (χ3n) is 2.54. The lowest BCUT2D eigenvalue weighted by Crippen LogP contribution is -1.96. The predicted molar refractivity (Wildman–Crippen MR) is 59.6 cm³/mol. The maximum Gasteiger partial charge on any atom is 0.303 e. The van der Waals surface area contributed by atoms with Crippen molar-refractivity contribution in [3.05, 3.63) is 11.8 Å². The van der Waals surface area contributed by atoms with Gasteiger partial charge in [0.1, 0.15) is 0 Å². The van der Waals surface area contributed by atoms with Crippen LogP contribution in [0.5, 0.6) is 0 Å². The zero-order valence-corrected chi connectivity index (χ0v) is 9.70. The van der Waals surface area contributed by atoms with Crippen molar-refractivity contribution < 1.29 is 14.3 Å². The first-order valence-corrected chi connectivity index (χ1v) is 6.53. The zero-order chi connectivity index (χ0) is 11.4. The van der Waals surface area contributed by atoms with Gasteiger partial charge in [-0.05, 0) is 18.6 Å². The molecule has 1 fully saturated rings. The highest BCUT2D eigenvalue weighted by molar-refractivity contribution is 7.99. The lowest BCUT2D eigenvalue weighted by Gasteiger charge is -1.99. The zero-order valence-electron chi connectivity index (χ0n) is 8.89. The number of aromatic nitrogens is 2. The summed E-state index contributed by atoms with van der Waals surface area (Å²) in [6.07, 6.45) is 2.36. The number of carboxylic acids is 1. The van der Waals surface area contributed by atoms with Gasteiger partial charge in [-0.1, -0.05) is 0 Å². The molecular formula is C10H14N2O3S. The first kappa shape index (κ1) is 11.4. The maximum absolute atomic E-state index is 10.3. The molecule has 2 rings (SSSR count). The van der Waals surface area contributed by atoms with Gasteiger partial charge in [0.25, 0.3) is 0 Å². The fraction of sp³-hybridized carbons (Fsp3) is 0.700. The van der Waals surface area contributed by atoms with E-state index in [1.165, 1.54) is 0 Å². The molecular weight excluding hydrogens is 228 g/mol. The molecule has 0 spiro atoms. The first-order valence-electron chi connectivity index (χ1n) is 5.37. The second kappa shape index (κ2) is 5.34. The molecule has 1 atom stereocenters. The molecule has 1 aliphatic heterocycles. The van der Waals surface area contributed by atoms with Crippen LogP contribution in [0.25, 0.3) is 0 Å². The Morgan fingerprint density at radius 2 is 2.44 bits per heavy atom. The Kier molecular flexibility index (Phi) is 3.82. The summed E-state index contributed by atoms with van der Waals surface area (Å²) in [4.78, 5) is 10.3. The maximum atomic E-state index is 10.3. The van der Waals surface area contributed by atoms with Crippen LogP contribution >= 0.6 is 11.8 Å². The fourth-order valence-electron chi connectivity index (χ4n) is 1.65. The fourth-order valence-corrected chi connectivity index (χ4v) is 2.86. The summed E-state index contributed by atoms with van der Waals surface area (Å²) >= 11 is 1.90. The Labute approximate surface area is 97.6 Å². The van der Waals surface area contributed by atoms with Crippen LogP contribution in [0.15, 0.2) is 4.42 Å². The van der Waals surface area contributed by atoms with E-state index in [9.17, 15) is 4.79 Å². The van der Waals surface area contributed by atoms with Gasteiger partial charge in [0.05, 0.1) is 0 Å². The molecule has 0 bridgehead atoms. The van der Waals surface area contributed by atoms with Gasteiger partial charge >= 0.3 is 5.97 Å². The number of rotatable bonds is 5. The normalized spacial score (nSPS) is 20.1. The Balaban J connectivity index is 1.84. The average Bonchev–Trinajstić information content (AvgIpc) is 2.85. The Bertz CT molecular complexity index is 361. The number of nitrogens with zero attached hydrogens (tertiary/aromatic N) is 2. The summed E-state index contributed by atoms with van der Waals surface area (Å²) in [6.45, 7) is 0. The van der Waals surface area contributed by atoms with Gasteiger partial charge in [-0.2, -0.15) is 11.8 Å². The van der Waals surface area contributed by atoms with Crippen molar-refractivity contribution in [2.75, 3.05) is 11.5 Å². The molecule has 1 unspecified atom stereocenters. The molecule has 1 aliphatic rings. The molecule has 0 amide bonds. The van der Waals surface area contributed by atoms with Crippen molar-refractivity contribution in [3.8, 4) is 0 Å². The van der Waals surface area contributed by atoms with Crippen molar-refractivity contribution in [2.24, 2.45) is 0 Å². The Morgan fingerprint density at radius 1 is 1.56 bits per heavy atom. The second-order valence-electron chi connectivity index (χ2n) is 3.84. The predicted octanol–water partition coefficient (Wildman–Crippen LogP) is 1.70. The van der Waals surface area contributed by atoms with E-state index in [1.807, 2.05) is 11.8 Å². The van der Waals surface area contributed by atoms with Crippen LogP contribution < -0.4 is 0 Å². The number of carbonyl (C=O) groups is 1. The minimum Gasteiger partial charge on any atom is -0.481 e. The molecule has 1 aromatic heterocycles. The SMILES string of the molecule is O=C(O)CCCc1nnc(C2CCSC2)o1. The van der Waals surface area contributed by atoms with Gasteiger partial charge in [0.2, 0.25) is 11.8 Å². The van der Waals surface area contributed by atoms with Crippen LogP contribution in [0.3, 0.4) is 0 Å². The lowest BCUT2D eigenvalue weighted by molar-refractivity contribution is -0.137. The van der Waals surface area contributed by atoms with Crippen molar-refractivity contribution in [1.29, 1.82) is 0 Å². The molecule has 1 aromatic rings. The monoisotopic (exact) mass is 242 g/mol. The van der Waals surface area contributed by atoms with Gasteiger partial charge < -0.3 is 9.52 Å². The minimum absolute atomic E-state index is 0.150. The first-order chi connectivity index (χ1) is 7.75. The average molecular weight is 242 g/mol. The summed E-state index contributed by atoms with van der Waals surface area (Å²) in [5.74, 6) is 3.10. The molecule has 0 radical (unpaired) electrons. The van der Waals surface area contributed by atoms with Gasteiger partial charge in [-0.15, -0.1) is 10.2 Å². The molecule has 88 valence electrons. The summed E-state index contributed by atoms with van der Waals surface area (Å²) in [5, 5.41) is 16.5. The third kappa shape index (κ3) is 2.98. The highest BCUT2D eigenvalue weighted by Gasteiger charge is 2.23. The number of hydrogen-bond acceptors (Lipinski definition) is 5. The highest BCUT2D eigenvalue weighted by Crippen LogP contribution is 2.31. The molecule has 5 nitrogen and oxygen atoms in total. The summed E-state index contributed by atoms with van der Waals surface area (Å²) in [6, 6.07) is 0. The van der Waals surface area contributed by atoms with Gasteiger partial charge in [-0.3, -0.25) is 4.79 Å². The molecule has 0 aromatic carbocycles. The van der Waals surface area contributed by atoms with E-state index in [0.717, 1.165) is 23.8 Å². The quantitative estimate of drug-likeness (QED) is 0.846. The molecule has 1 saturated heterocycles. The minimum atomic E-state index is -0.785. The molecule has 0 saturated carbocycles. The largest absolute Gasteiger partial charge is 0.481 e. The lowest BCUT2D eigenvalue weighted by atomic mass is 10.1. The summed E-state index contributed by atoms with van der Waals surface area (Å²) < 4.78 is 5.52. The van der Waals surface area contributed by atoms with Gasteiger partial charge in [-0.25, -0.2) is 0 Å². The number of hydrogen-bond donors (Lipinski definition) is 1. The molecule has 0 aliphatic carbocycles. The van der Waals surface area contributed by atoms with Crippen LogP contribution in [0.4, 0.5) is 0 Å². The van der Waals surface area contributed by atoms with Crippen LogP contribution in [0, 0.1) is 0 Å². The van der Waals surface area contributed by atoms with Gasteiger partial charge in [0, 0.05) is 24.5 Å². The molecule has 1 N–H and O–H groups in total. The number of aryl methyl sites for hydroxylation is 1. The van der Waals surface area contributed by atoms with Crippen molar-refractivity contribution >= 4 is 17.7 Å². The topological polar surface area (TPSA) is 76.2 Å². The summed E-state index contributed by atoms with van der Waals surface area (Å²) in [7, 11) is 0. The molecule has 6 heteroatoms. The van der Waals surface area contributed by atoms with Crippen molar-refractivity contribution in [3.63, 3.8) is 0 Å². The second-order valence-corrected chi connectivity index (χ2v) is 4.99. The number of thioether (sulfide) groups is 1. The van der Waals surface area contributed by atoms with E-state index < -0.39 is 5.97 Å². The van der Waals surface area contributed by atoms with E-state index in [0.29, 0.717) is 24.7 Å². The van der Waals surface area contributed by atoms with Gasteiger partial charge in [0.15, 0.2) is 0 Å². The van der Waals surface area contributed by atoms with Crippen molar-refractivity contribution in [1.82, 2.24) is 10.2 Å². The van der Waals surface area contributed by atoms with E-state index in [4.69, 9.17) is 9.52 Å². The van der Waals surface area contributed by atoms with E-state index in [-0.39, 0.29) is 6.42 Å². The van der Waals surface area contributed by atoms with E-state index >= 15 is 0 Å². The van der Waals surface area contributed by atoms with Crippen molar-refractivity contribution in [2.45, 2.75) is 31.6 Å². The van der Waals surface area contributed by atoms with Crippen LogP contribution in [-0.4, -0.2) is 32.8 Å². The standard InChI is InChI=1S/C10H14N2O3S/c13-9(14)3-1-2-8-11-12-10(15-8)7-4-5-16-6-7/h7H,1-6H2,(H,13,14). The molecule has 16 heavy (non-hydrogen) atoms. The van der Waals surface area contributed by atoms with Crippen LogP contribution in [-0.2, 0) is 11.2 Å². The van der Waals surface area contributed by atoms with E-state index in [2.05, 4.69) is 10.2 Å². The number of aliphatic carboxylic acids is 1. The van der Waals surface area contributed by atoms with Crippen LogP contribution in [0.2, 0.25) is 0 Å². The van der Waals surface area contributed by atoms with E-state index in [1.54, 1.807) is 0 Å². The molecule has 2 heterocycles. The highest BCUT2D eigenvalue weighted by atomic mass is 32.2. The smallest absolute Gasteiger partial charge is 0.303 e. The number of carboxylic acid groups (broad SMARTS) is 1. The third-order valence-corrected chi connectivity index (χ3v) is 3.71. The summed E-state index contributed by atoms with van der Waals surface area (Å²) in [5.41, 5.74) is 0. The Morgan fingerprint density at radius 3 is 3.12 bits per heavy atom.